The van der Waals surface area contributed by atoms with E-state index in [-0.39, 0.29) is 37.4 Å². The standard InChI is InChI=1S/C15H20N2O4/c1-10(9-18)16-14(19)7-8-17-12-5-3-4-6-13(12)21-11(2)15(17)20/h3-6,10-11,18H,7-9H2,1-2H3,(H,16,19). The highest BCUT2D eigenvalue weighted by atomic mass is 16.5. The van der Waals surface area contributed by atoms with Crippen LogP contribution in [0.3, 0.4) is 0 Å². The lowest BCUT2D eigenvalue weighted by Gasteiger charge is -2.32. The van der Waals surface area contributed by atoms with E-state index in [9.17, 15) is 9.59 Å². The molecule has 0 saturated carbocycles. The zero-order chi connectivity index (χ0) is 15.4. The van der Waals surface area contributed by atoms with Gasteiger partial charge in [0, 0.05) is 19.0 Å². The lowest BCUT2D eigenvalue weighted by molar-refractivity contribution is -0.125. The maximum absolute atomic E-state index is 12.2. The number of nitrogens with one attached hydrogen (secondary N) is 1. The number of nitrogens with zero attached hydrogens (tertiary/aromatic N) is 1. The second kappa shape index (κ2) is 6.58. The van der Waals surface area contributed by atoms with Crippen LogP contribution in [0.2, 0.25) is 0 Å². The van der Waals surface area contributed by atoms with Crippen molar-refractivity contribution in [1.82, 2.24) is 5.32 Å². The van der Waals surface area contributed by atoms with Crippen molar-refractivity contribution in [2.45, 2.75) is 32.4 Å². The lowest BCUT2D eigenvalue weighted by Crippen LogP contribution is -2.46. The number of hydrogen-bond acceptors (Lipinski definition) is 4. The van der Waals surface area contributed by atoms with Gasteiger partial charge in [-0.3, -0.25) is 9.59 Å². The molecular weight excluding hydrogens is 272 g/mol. The van der Waals surface area contributed by atoms with Crippen LogP contribution in [0, 0.1) is 0 Å². The molecular formula is C15H20N2O4. The Morgan fingerprint density at radius 2 is 2.19 bits per heavy atom. The molecule has 1 aliphatic rings. The SMILES string of the molecule is CC(CO)NC(=O)CCN1C(=O)C(C)Oc2ccccc21. The second-order valence-corrected chi connectivity index (χ2v) is 5.12. The molecule has 2 atom stereocenters. The van der Waals surface area contributed by atoms with Crippen LogP contribution in [0.25, 0.3) is 0 Å². The third-order valence-corrected chi connectivity index (χ3v) is 3.32. The topological polar surface area (TPSA) is 78.9 Å². The van der Waals surface area contributed by atoms with Crippen LogP contribution in [0.5, 0.6) is 5.75 Å². The van der Waals surface area contributed by atoms with E-state index in [1.807, 2.05) is 12.1 Å². The zero-order valence-electron chi connectivity index (χ0n) is 12.2. The molecule has 2 N–H and O–H groups in total. The molecule has 6 heteroatoms. The summed E-state index contributed by atoms with van der Waals surface area (Å²) >= 11 is 0. The van der Waals surface area contributed by atoms with Crippen LogP contribution in [0.15, 0.2) is 24.3 Å². The third kappa shape index (κ3) is 3.52. The van der Waals surface area contributed by atoms with Gasteiger partial charge in [-0.2, -0.15) is 0 Å². The number of para-hydroxylation sites is 2. The number of fused-ring (bicyclic) bond motifs is 1. The molecule has 1 aromatic rings. The Kier molecular flexibility index (Phi) is 4.80. The molecule has 0 aromatic heterocycles. The molecule has 0 radical (unpaired) electrons. The van der Waals surface area contributed by atoms with Gasteiger partial charge in [-0.05, 0) is 26.0 Å². The average molecular weight is 292 g/mol. The Morgan fingerprint density at radius 3 is 2.90 bits per heavy atom. The van der Waals surface area contributed by atoms with Gasteiger partial charge in [-0.25, -0.2) is 0 Å². The normalized spacial score (nSPS) is 18.7. The second-order valence-electron chi connectivity index (χ2n) is 5.12. The number of ether oxygens (including phenoxy) is 1. The van der Waals surface area contributed by atoms with Gasteiger partial charge in [-0.1, -0.05) is 12.1 Å². The van der Waals surface area contributed by atoms with Crippen molar-refractivity contribution >= 4 is 17.5 Å². The van der Waals surface area contributed by atoms with Gasteiger partial charge in [0.2, 0.25) is 5.91 Å². The summed E-state index contributed by atoms with van der Waals surface area (Å²) in [6.07, 6.45) is -0.378. The summed E-state index contributed by atoms with van der Waals surface area (Å²) in [4.78, 5) is 25.5. The Bertz CT molecular complexity index is 532. The molecule has 0 saturated heterocycles. The minimum Gasteiger partial charge on any atom is -0.479 e. The number of amides is 2. The van der Waals surface area contributed by atoms with Crippen molar-refractivity contribution in [2.24, 2.45) is 0 Å². The Morgan fingerprint density at radius 1 is 1.48 bits per heavy atom. The minimum absolute atomic E-state index is 0.109. The van der Waals surface area contributed by atoms with Crippen LogP contribution in [0.4, 0.5) is 5.69 Å². The van der Waals surface area contributed by atoms with E-state index in [2.05, 4.69) is 5.32 Å². The molecule has 6 nitrogen and oxygen atoms in total. The van der Waals surface area contributed by atoms with E-state index in [1.54, 1.807) is 30.9 Å². The van der Waals surface area contributed by atoms with Crippen molar-refractivity contribution in [3.05, 3.63) is 24.3 Å². The number of carbonyl (C=O) groups is 2. The highest BCUT2D eigenvalue weighted by Crippen LogP contribution is 2.33. The molecule has 2 rings (SSSR count). The molecule has 1 aromatic carbocycles. The Balaban J connectivity index is 2.05. The summed E-state index contributed by atoms with van der Waals surface area (Å²) < 4.78 is 5.54. The van der Waals surface area contributed by atoms with E-state index in [1.165, 1.54) is 0 Å². The van der Waals surface area contributed by atoms with E-state index in [0.29, 0.717) is 11.4 Å². The fourth-order valence-corrected chi connectivity index (χ4v) is 2.20. The molecule has 21 heavy (non-hydrogen) atoms. The predicted molar refractivity (Wildman–Crippen MR) is 78.2 cm³/mol. The largest absolute Gasteiger partial charge is 0.479 e. The summed E-state index contributed by atoms with van der Waals surface area (Å²) in [5.74, 6) is 0.298. The molecule has 114 valence electrons. The number of hydrogen-bond donors (Lipinski definition) is 2. The van der Waals surface area contributed by atoms with Crippen molar-refractivity contribution in [3.63, 3.8) is 0 Å². The van der Waals surface area contributed by atoms with Gasteiger partial charge in [0.1, 0.15) is 5.75 Å². The van der Waals surface area contributed by atoms with Crippen molar-refractivity contribution < 1.29 is 19.4 Å². The molecule has 0 aliphatic carbocycles. The maximum Gasteiger partial charge on any atom is 0.267 e. The highest BCUT2D eigenvalue weighted by Gasteiger charge is 2.31. The van der Waals surface area contributed by atoms with Gasteiger partial charge in [0.15, 0.2) is 6.10 Å². The van der Waals surface area contributed by atoms with E-state index < -0.39 is 6.10 Å². The molecule has 2 unspecified atom stereocenters. The van der Waals surface area contributed by atoms with Crippen LogP contribution in [-0.2, 0) is 9.59 Å². The van der Waals surface area contributed by atoms with E-state index in [0.717, 1.165) is 0 Å². The molecule has 2 amide bonds. The quantitative estimate of drug-likeness (QED) is 0.837. The molecule has 1 aliphatic heterocycles. The number of benzene rings is 1. The number of anilines is 1. The summed E-state index contributed by atoms with van der Waals surface area (Å²) in [5, 5.41) is 11.6. The number of rotatable bonds is 5. The fraction of sp³-hybridized carbons (Fsp3) is 0.467. The van der Waals surface area contributed by atoms with Crippen LogP contribution >= 0.6 is 0 Å². The first-order chi connectivity index (χ1) is 10.0. The van der Waals surface area contributed by atoms with Gasteiger partial charge in [0.05, 0.1) is 12.3 Å². The van der Waals surface area contributed by atoms with Crippen molar-refractivity contribution in [3.8, 4) is 5.75 Å². The Hall–Kier alpha value is -2.08. The van der Waals surface area contributed by atoms with Gasteiger partial charge in [0.25, 0.3) is 5.91 Å². The first kappa shape index (κ1) is 15.3. The lowest BCUT2D eigenvalue weighted by atomic mass is 10.1. The summed E-state index contributed by atoms with van der Waals surface area (Å²) in [7, 11) is 0. The van der Waals surface area contributed by atoms with E-state index >= 15 is 0 Å². The maximum atomic E-state index is 12.2. The molecule has 0 spiro atoms. The van der Waals surface area contributed by atoms with Gasteiger partial charge >= 0.3 is 0 Å². The van der Waals surface area contributed by atoms with Crippen molar-refractivity contribution in [1.29, 1.82) is 0 Å². The average Bonchev–Trinajstić information content (AvgIpc) is 2.47. The van der Waals surface area contributed by atoms with Crippen LogP contribution < -0.4 is 15.0 Å². The van der Waals surface area contributed by atoms with Gasteiger partial charge in [-0.15, -0.1) is 0 Å². The van der Waals surface area contributed by atoms with E-state index in [4.69, 9.17) is 9.84 Å². The number of aliphatic hydroxyl groups excluding tert-OH is 1. The van der Waals surface area contributed by atoms with Crippen LogP contribution in [0.1, 0.15) is 20.3 Å². The third-order valence-electron chi connectivity index (χ3n) is 3.32. The summed E-state index contributed by atoms with van der Waals surface area (Å²) in [6.45, 7) is 3.59. The number of carbonyl (C=O) groups excluding carboxylic acids is 2. The fourth-order valence-electron chi connectivity index (χ4n) is 2.20. The first-order valence-corrected chi connectivity index (χ1v) is 7.00. The minimum atomic E-state index is -0.556. The van der Waals surface area contributed by atoms with Gasteiger partial charge < -0.3 is 20.1 Å². The summed E-state index contributed by atoms with van der Waals surface area (Å²) in [6, 6.07) is 6.98. The molecule has 1 heterocycles. The monoisotopic (exact) mass is 292 g/mol. The smallest absolute Gasteiger partial charge is 0.267 e. The number of aliphatic hydroxyl groups is 1. The van der Waals surface area contributed by atoms with Crippen molar-refractivity contribution in [2.75, 3.05) is 18.1 Å². The van der Waals surface area contributed by atoms with Crippen LogP contribution in [-0.4, -0.2) is 42.2 Å². The summed E-state index contributed by atoms with van der Waals surface area (Å²) in [5.41, 5.74) is 0.684. The molecule has 0 bridgehead atoms. The first-order valence-electron chi connectivity index (χ1n) is 7.00. The highest BCUT2D eigenvalue weighted by molar-refractivity contribution is 6.00. The Labute approximate surface area is 123 Å². The molecule has 0 fully saturated rings. The zero-order valence-corrected chi connectivity index (χ0v) is 12.2. The predicted octanol–water partition coefficient (Wildman–Crippen LogP) is 0.688.